The molecule has 1 aliphatic rings. The first kappa shape index (κ1) is 24.6. The fourth-order valence-corrected chi connectivity index (χ4v) is 4.35. The maximum absolute atomic E-state index is 13.3. The molecule has 1 aliphatic heterocycles. The lowest BCUT2D eigenvalue weighted by Crippen LogP contribution is -2.30. The number of benzene rings is 3. The number of ketones is 1. The molecule has 4 N–H and O–H groups in total. The van der Waals surface area contributed by atoms with Crippen molar-refractivity contribution in [1.82, 2.24) is 9.97 Å². The van der Waals surface area contributed by atoms with E-state index in [0.29, 0.717) is 34.5 Å². The van der Waals surface area contributed by atoms with Crippen molar-refractivity contribution in [3.05, 3.63) is 89.0 Å². The van der Waals surface area contributed by atoms with E-state index in [2.05, 4.69) is 9.97 Å². The Morgan fingerprint density at radius 3 is 2.34 bits per heavy atom. The minimum Gasteiger partial charge on any atom is -0.508 e. The topological polar surface area (TPSA) is 153 Å². The number of fused-ring (bicyclic) bond motifs is 1. The highest BCUT2D eigenvalue weighted by atomic mass is 16.5. The Kier molecular flexibility index (Phi) is 6.29. The van der Waals surface area contributed by atoms with Crippen molar-refractivity contribution in [2.24, 2.45) is 0 Å². The summed E-state index contributed by atoms with van der Waals surface area (Å²) in [6.07, 6.45) is 0.831. The molecule has 10 nitrogen and oxygen atoms in total. The van der Waals surface area contributed by atoms with Gasteiger partial charge in [-0.25, -0.2) is 9.78 Å². The molecular formula is C28H23N3O7. The van der Waals surface area contributed by atoms with Crippen molar-refractivity contribution >= 4 is 40.4 Å². The van der Waals surface area contributed by atoms with E-state index >= 15 is 0 Å². The van der Waals surface area contributed by atoms with Gasteiger partial charge in [0.15, 0.2) is 0 Å². The van der Waals surface area contributed by atoms with Gasteiger partial charge in [-0.1, -0.05) is 19.1 Å². The Bertz CT molecular complexity index is 1590. The number of aromatic hydroxyl groups is 1. The molecule has 0 radical (unpaired) electrons. The monoisotopic (exact) mass is 513 g/mol. The third kappa shape index (κ3) is 4.32. The summed E-state index contributed by atoms with van der Waals surface area (Å²) in [6.45, 7) is 2.51. The lowest BCUT2D eigenvalue weighted by atomic mass is 9.95. The van der Waals surface area contributed by atoms with Gasteiger partial charge >= 0.3 is 11.9 Å². The summed E-state index contributed by atoms with van der Waals surface area (Å²) in [5.74, 6) is -2.76. The Labute approximate surface area is 216 Å². The molecule has 1 amide bonds. The van der Waals surface area contributed by atoms with Gasteiger partial charge in [0.2, 0.25) is 5.95 Å². The molecule has 3 aromatic carbocycles. The van der Waals surface area contributed by atoms with E-state index < -0.39 is 23.7 Å². The number of anilines is 1. The maximum atomic E-state index is 13.3. The Balaban J connectivity index is 1.64. The number of aromatic carboxylic acids is 1. The Morgan fingerprint density at radius 1 is 1.00 bits per heavy atom. The van der Waals surface area contributed by atoms with Crippen molar-refractivity contribution in [1.29, 1.82) is 0 Å². The number of nitrogens with one attached hydrogen (secondary N) is 1. The number of carbonyl (C=O) groups is 3. The highest BCUT2D eigenvalue weighted by Gasteiger charge is 2.48. The zero-order chi connectivity index (χ0) is 27.0. The third-order valence-corrected chi connectivity index (χ3v) is 6.20. The van der Waals surface area contributed by atoms with Gasteiger partial charge in [0.05, 0.1) is 34.8 Å². The standard InChI is InChI=1S/C28H23N3O7/c1-2-13-38-19-10-5-16(6-11-19)24(33)22-23(15-3-8-18(32)9-4-15)31(26(35)25(22)34)28-29-20-12-7-17(27(36)37)14-21(20)30-28/h3-12,14,23,32-33H,2,13H2,1H3,(H,29,30)(H,36,37)/b24-22+. The van der Waals surface area contributed by atoms with Crippen LogP contribution in [-0.2, 0) is 9.59 Å². The number of H-pyrrole nitrogens is 1. The number of phenols is 1. The molecule has 1 atom stereocenters. The molecule has 5 rings (SSSR count). The highest BCUT2D eigenvalue weighted by molar-refractivity contribution is 6.51. The second-order valence-electron chi connectivity index (χ2n) is 8.73. The van der Waals surface area contributed by atoms with Crippen LogP contribution in [0.25, 0.3) is 16.8 Å². The quantitative estimate of drug-likeness (QED) is 0.161. The molecule has 1 fully saturated rings. The number of aliphatic hydroxyl groups excluding tert-OH is 1. The van der Waals surface area contributed by atoms with Crippen LogP contribution in [0.5, 0.6) is 11.5 Å². The van der Waals surface area contributed by atoms with Crippen LogP contribution in [0.15, 0.2) is 72.3 Å². The molecule has 0 bridgehead atoms. The van der Waals surface area contributed by atoms with Crippen molar-refractivity contribution < 1.29 is 34.4 Å². The second kappa shape index (κ2) is 9.74. The molecule has 1 saturated heterocycles. The molecule has 10 heteroatoms. The second-order valence-corrected chi connectivity index (χ2v) is 8.73. The molecule has 0 spiro atoms. The van der Waals surface area contributed by atoms with Gasteiger partial charge in [0.25, 0.3) is 5.78 Å². The Hall–Kier alpha value is -5.12. The molecule has 0 aliphatic carbocycles. The normalized spacial score (nSPS) is 16.8. The summed E-state index contributed by atoms with van der Waals surface area (Å²) in [7, 11) is 0. The minimum absolute atomic E-state index is 0.00470. The average Bonchev–Trinajstić information content (AvgIpc) is 3.45. The van der Waals surface area contributed by atoms with Crippen LogP contribution in [0.3, 0.4) is 0 Å². The molecule has 1 aromatic heterocycles. The number of ether oxygens (including phenoxy) is 1. The number of carboxylic acids is 1. The highest BCUT2D eigenvalue weighted by Crippen LogP contribution is 2.42. The maximum Gasteiger partial charge on any atom is 0.335 e. The molecule has 1 unspecified atom stereocenters. The summed E-state index contributed by atoms with van der Waals surface area (Å²) in [6, 6.07) is 15.6. The SMILES string of the molecule is CCCOc1ccc(/C(O)=C2\C(=O)C(=O)N(c3nc4ccc(C(=O)O)cc4[nH]3)C2c2ccc(O)cc2)cc1. The van der Waals surface area contributed by atoms with Crippen molar-refractivity contribution in [3.63, 3.8) is 0 Å². The van der Waals surface area contributed by atoms with Gasteiger partial charge in [0, 0.05) is 5.56 Å². The number of amides is 1. The fraction of sp³-hybridized carbons (Fsp3) is 0.143. The van der Waals surface area contributed by atoms with E-state index in [0.717, 1.165) is 11.3 Å². The van der Waals surface area contributed by atoms with Crippen LogP contribution in [0, 0.1) is 0 Å². The number of hydrogen-bond acceptors (Lipinski definition) is 7. The molecule has 4 aromatic rings. The van der Waals surface area contributed by atoms with Gasteiger partial charge in [-0.3, -0.25) is 14.5 Å². The van der Waals surface area contributed by atoms with Crippen LogP contribution < -0.4 is 9.64 Å². The minimum atomic E-state index is -1.13. The summed E-state index contributed by atoms with van der Waals surface area (Å²) < 4.78 is 5.58. The predicted molar refractivity (Wildman–Crippen MR) is 138 cm³/mol. The van der Waals surface area contributed by atoms with Crippen LogP contribution in [0.4, 0.5) is 5.95 Å². The number of carbonyl (C=O) groups excluding carboxylic acids is 2. The number of carboxylic acid groups (broad SMARTS) is 1. The number of aromatic nitrogens is 2. The predicted octanol–water partition coefficient (Wildman–Crippen LogP) is 4.38. The van der Waals surface area contributed by atoms with E-state index in [1.54, 1.807) is 36.4 Å². The number of aliphatic hydroxyl groups is 1. The number of imidazole rings is 1. The van der Waals surface area contributed by atoms with E-state index in [1.807, 2.05) is 6.92 Å². The molecule has 0 saturated carbocycles. The number of hydrogen-bond donors (Lipinski definition) is 4. The number of nitrogens with zero attached hydrogens (tertiary/aromatic N) is 2. The van der Waals surface area contributed by atoms with E-state index in [-0.39, 0.29) is 28.6 Å². The zero-order valence-electron chi connectivity index (χ0n) is 20.2. The van der Waals surface area contributed by atoms with E-state index in [1.165, 1.54) is 30.3 Å². The number of aromatic amines is 1. The Morgan fingerprint density at radius 2 is 1.68 bits per heavy atom. The lowest BCUT2D eigenvalue weighted by Gasteiger charge is -2.23. The summed E-state index contributed by atoms with van der Waals surface area (Å²) in [5.41, 5.74) is 1.36. The first-order valence-electron chi connectivity index (χ1n) is 11.8. The van der Waals surface area contributed by atoms with E-state index in [9.17, 15) is 29.7 Å². The lowest BCUT2D eigenvalue weighted by molar-refractivity contribution is -0.132. The fourth-order valence-electron chi connectivity index (χ4n) is 4.35. The van der Waals surface area contributed by atoms with Crippen LogP contribution in [-0.4, -0.2) is 49.6 Å². The zero-order valence-corrected chi connectivity index (χ0v) is 20.2. The largest absolute Gasteiger partial charge is 0.508 e. The van der Waals surface area contributed by atoms with Gasteiger partial charge < -0.3 is 25.0 Å². The van der Waals surface area contributed by atoms with Crippen LogP contribution in [0.1, 0.15) is 40.9 Å². The molecule has 38 heavy (non-hydrogen) atoms. The molecule has 192 valence electrons. The van der Waals surface area contributed by atoms with Crippen LogP contribution in [0.2, 0.25) is 0 Å². The van der Waals surface area contributed by atoms with Crippen molar-refractivity contribution in [3.8, 4) is 11.5 Å². The van der Waals surface area contributed by atoms with Gasteiger partial charge in [-0.05, 0) is 66.6 Å². The average molecular weight is 514 g/mol. The molecule has 2 heterocycles. The van der Waals surface area contributed by atoms with Gasteiger partial charge in [-0.15, -0.1) is 0 Å². The van der Waals surface area contributed by atoms with Crippen LogP contribution >= 0.6 is 0 Å². The van der Waals surface area contributed by atoms with Gasteiger partial charge in [-0.2, -0.15) is 0 Å². The summed E-state index contributed by atoms with van der Waals surface area (Å²) >= 11 is 0. The summed E-state index contributed by atoms with van der Waals surface area (Å²) in [5, 5.41) is 30.4. The van der Waals surface area contributed by atoms with Gasteiger partial charge in [0.1, 0.15) is 17.3 Å². The smallest absolute Gasteiger partial charge is 0.335 e. The van der Waals surface area contributed by atoms with Crippen molar-refractivity contribution in [2.75, 3.05) is 11.5 Å². The number of phenolic OH excluding ortho intramolecular Hbond substituents is 1. The first-order valence-corrected chi connectivity index (χ1v) is 11.8. The van der Waals surface area contributed by atoms with Crippen molar-refractivity contribution in [2.45, 2.75) is 19.4 Å². The van der Waals surface area contributed by atoms with E-state index in [4.69, 9.17) is 4.74 Å². The third-order valence-electron chi connectivity index (χ3n) is 6.20. The number of Topliss-reactive ketones (excluding diaryl/α,β-unsaturated/α-hetero) is 1. The summed E-state index contributed by atoms with van der Waals surface area (Å²) in [4.78, 5) is 46.5. The number of rotatable bonds is 7. The first-order chi connectivity index (χ1) is 18.3. The molecular weight excluding hydrogens is 490 g/mol.